The fourth-order valence-corrected chi connectivity index (χ4v) is 3.45. The summed E-state index contributed by atoms with van der Waals surface area (Å²) in [7, 11) is 0. The van der Waals surface area contributed by atoms with E-state index in [0.717, 1.165) is 35.6 Å². The van der Waals surface area contributed by atoms with Gasteiger partial charge in [-0.25, -0.2) is 0 Å². The van der Waals surface area contributed by atoms with Gasteiger partial charge in [-0.3, -0.25) is 0 Å². The molecule has 0 spiro atoms. The first-order chi connectivity index (χ1) is 9.86. The Labute approximate surface area is 118 Å². The number of phenolic OH excluding ortho intramolecular Hbond substituents is 1. The molecule has 4 rings (SSSR count). The number of aromatic hydroxyl groups is 1. The van der Waals surface area contributed by atoms with Gasteiger partial charge in [-0.1, -0.05) is 54.6 Å². The minimum Gasteiger partial charge on any atom is -0.507 e. The van der Waals surface area contributed by atoms with Crippen molar-refractivity contribution in [2.24, 2.45) is 0 Å². The van der Waals surface area contributed by atoms with Crippen LogP contribution < -0.4 is 0 Å². The summed E-state index contributed by atoms with van der Waals surface area (Å²) in [4.78, 5) is 0. The van der Waals surface area contributed by atoms with Crippen molar-refractivity contribution in [3.05, 3.63) is 65.7 Å². The molecular formula is C19H16O. The van der Waals surface area contributed by atoms with Crippen molar-refractivity contribution >= 4 is 10.8 Å². The number of benzene rings is 3. The maximum absolute atomic E-state index is 10.5. The Bertz CT molecular complexity index is 788. The molecule has 0 saturated carbocycles. The topological polar surface area (TPSA) is 20.2 Å². The van der Waals surface area contributed by atoms with Crippen LogP contribution in [0.15, 0.2) is 54.6 Å². The van der Waals surface area contributed by atoms with Gasteiger partial charge in [0, 0.05) is 5.39 Å². The summed E-state index contributed by atoms with van der Waals surface area (Å²) in [5, 5.41) is 12.7. The van der Waals surface area contributed by atoms with Crippen LogP contribution in [0.4, 0.5) is 0 Å². The van der Waals surface area contributed by atoms with Crippen LogP contribution in [-0.2, 0) is 12.8 Å². The molecule has 0 radical (unpaired) electrons. The summed E-state index contributed by atoms with van der Waals surface area (Å²) in [6.07, 6.45) is 3.20. The van der Waals surface area contributed by atoms with Crippen molar-refractivity contribution in [2.75, 3.05) is 0 Å². The standard InChI is InChI=1S/C19H16O/c20-19-16-10-5-4-9-14(16)18(13-7-2-1-3-8-13)15-11-6-12-17(15)19/h1-5,7-10,20H,6,11-12H2. The average molecular weight is 260 g/mol. The predicted molar refractivity (Wildman–Crippen MR) is 83.1 cm³/mol. The summed E-state index contributed by atoms with van der Waals surface area (Å²) in [5.41, 5.74) is 5.06. The third-order valence-electron chi connectivity index (χ3n) is 4.32. The second-order valence-corrected chi connectivity index (χ2v) is 5.45. The summed E-state index contributed by atoms with van der Waals surface area (Å²) in [6.45, 7) is 0. The number of hydrogen-bond acceptors (Lipinski definition) is 1. The Morgan fingerprint density at radius 3 is 2.15 bits per heavy atom. The van der Waals surface area contributed by atoms with E-state index in [9.17, 15) is 5.11 Å². The van der Waals surface area contributed by atoms with Gasteiger partial charge in [0.25, 0.3) is 0 Å². The van der Waals surface area contributed by atoms with Crippen molar-refractivity contribution in [3.63, 3.8) is 0 Å². The van der Waals surface area contributed by atoms with Gasteiger partial charge >= 0.3 is 0 Å². The van der Waals surface area contributed by atoms with E-state index in [2.05, 4.69) is 36.4 Å². The van der Waals surface area contributed by atoms with Gasteiger partial charge in [0.1, 0.15) is 5.75 Å². The van der Waals surface area contributed by atoms with Crippen molar-refractivity contribution in [1.29, 1.82) is 0 Å². The molecule has 0 heterocycles. The molecule has 0 unspecified atom stereocenters. The molecule has 3 aromatic rings. The summed E-state index contributed by atoms with van der Waals surface area (Å²) >= 11 is 0. The SMILES string of the molecule is Oc1c2c(c(-c3ccccc3)c3ccccc13)CCC2. The van der Waals surface area contributed by atoms with Gasteiger partial charge in [0.2, 0.25) is 0 Å². The van der Waals surface area contributed by atoms with E-state index in [1.807, 2.05) is 18.2 Å². The Kier molecular flexibility index (Phi) is 2.53. The van der Waals surface area contributed by atoms with Crippen molar-refractivity contribution in [1.82, 2.24) is 0 Å². The molecular weight excluding hydrogens is 244 g/mol. The monoisotopic (exact) mass is 260 g/mol. The fourth-order valence-electron chi connectivity index (χ4n) is 3.45. The van der Waals surface area contributed by atoms with Crippen molar-refractivity contribution in [2.45, 2.75) is 19.3 Å². The lowest BCUT2D eigenvalue weighted by Gasteiger charge is -2.15. The molecule has 20 heavy (non-hydrogen) atoms. The van der Waals surface area contributed by atoms with Crippen LogP contribution >= 0.6 is 0 Å². The van der Waals surface area contributed by atoms with Crippen molar-refractivity contribution < 1.29 is 5.11 Å². The molecule has 0 atom stereocenters. The van der Waals surface area contributed by atoms with Crippen LogP contribution in [0.5, 0.6) is 5.75 Å². The molecule has 98 valence electrons. The Hall–Kier alpha value is -2.28. The van der Waals surface area contributed by atoms with Gasteiger partial charge < -0.3 is 5.11 Å². The Morgan fingerprint density at radius 1 is 0.700 bits per heavy atom. The lowest BCUT2D eigenvalue weighted by Crippen LogP contribution is -1.92. The first-order valence-electron chi connectivity index (χ1n) is 7.17. The highest BCUT2D eigenvalue weighted by Gasteiger charge is 2.23. The molecule has 1 nitrogen and oxygen atoms in total. The second kappa shape index (κ2) is 4.38. The van der Waals surface area contributed by atoms with Crippen LogP contribution in [0, 0.1) is 0 Å². The van der Waals surface area contributed by atoms with E-state index in [1.165, 1.54) is 16.7 Å². The number of rotatable bonds is 1. The number of hydrogen-bond donors (Lipinski definition) is 1. The third kappa shape index (κ3) is 1.56. The van der Waals surface area contributed by atoms with Gasteiger partial charge in [-0.15, -0.1) is 0 Å². The van der Waals surface area contributed by atoms with Gasteiger partial charge in [-0.05, 0) is 46.9 Å². The maximum atomic E-state index is 10.5. The molecule has 0 saturated heterocycles. The third-order valence-corrected chi connectivity index (χ3v) is 4.32. The van der Waals surface area contributed by atoms with Crippen LogP contribution in [0.25, 0.3) is 21.9 Å². The van der Waals surface area contributed by atoms with Gasteiger partial charge in [0.15, 0.2) is 0 Å². The maximum Gasteiger partial charge on any atom is 0.126 e. The molecule has 0 amide bonds. The minimum absolute atomic E-state index is 0.493. The molecule has 0 aliphatic heterocycles. The first-order valence-corrected chi connectivity index (χ1v) is 7.17. The zero-order valence-corrected chi connectivity index (χ0v) is 11.3. The van der Waals surface area contributed by atoms with E-state index in [4.69, 9.17) is 0 Å². The van der Waals surface area contributed by atoms with Crippen LogP contribution in [-0.4, -0.2) is 5.11 Å². The zero-order chi connectivity index (χ0) is 13.5. The van der Waals surface area contributed by atoms with Crippen LogP contribution in [0.2, 0.25) is 0 Å². The normalized spacial score (nSPS) is 13.6. The zero-order valence-electron chi connectivity index (χ0n) is 11.3. The fraction of sp³-hybridized carbons (Fsp3) is 0.158. The number of fused-ring (bicyclic) bond motifs is 2. The van der Waals surface area contributed by atoms with Crippen molar-refractivity contribution in [3.8, 4) is 16.9 Å². The smallest absolute Gasteiger partial charge is 0.126 e. The lowest BCUT2D eigenvalue weighted by atomic mass is 9.90. The Balaban J connectivity index is 2.17. The Morgan fingerprint density at radius 2 is 1.35 bits per heavy atom. The quantitative estimate of drug-likeness (QED) is 0.672. The molecule has 1 aliphatic carbocycles. The van der Waals surface area contributed by atoms with Gasteiger partial charge in [-0.2, -0.15) is 0 Å². The lowest BCUT2D eigenvalue weighted by molar-refractivity contribution is 0.475. The second-order valence-electron chi connectivity index (χ2n) is 5.45. The highest BCUT2D eigenvalue weighted by molar-refractivity contribution is 6.03. The van der Waals surface area contributed by atoms with E-state index in [1.54, 1.807) is 0 Å². The number of phenols is 1. The van der Waals surface area contributed by atoms with Gasteiger partial charge in [0.05, 0.1) is 0 Å². The summed E-state index contributed by atoms with van der Waals surface area (Å²) in [5.74, 6) is 0.493. The largest absolute Gasteiger partial charge is 0.507 e. The predicted octanol–water partition coefficient (Wildman–Crippen LogP) is 4.70. The average Bonchev–Trinajstić information content (AvgIpc) is 2.98. The van der Waals surface area contributed by atoms with E-state index in [0.29, 0.717) is 5.75 Å². The first kappa shape index (κ1) is 11.5. The molecule has 0 bridgehead atoms. The molecule has 1 heteroatoms. The molecule has 1 N–H and O–H groups in total. The molecule has 0 aromatic heterocycles. The highest BCUT2D eigenvalue weighted by Crippen LogP contribution is 2.44. The van der Waals surface area contributed by atoms with Crippen LogP contribution in [0.3, 0.4) is 0 Å². The van der Waals surface area contributed by atoms with Crippen LogP contribution in [0.1, 0.15) is 17.5 Å². The summed E-state index contributed by atoms with van der Waals surface area (Å²) < 4.78 is 0. The molecule has 0 fully saturated rings. The minimum atomic E-state index is 0.493. The molecule has 1 aliphatic rings. The highest BCUT2D eigenvalue weighted by atomic mass is 16.3. The molecule has 3 aromatic carbocycles. The summed E-state index contributed by atoms with van der Waals surface area (Å²) in [6, 6.07) is 18.7. The van der Waals surface area contributed by atoms with E-state index in [-0.39, 0.29) is 0 Å². The van der Waals surface area contributed by atoms with E-state index >= 15 is 0 Å². The van der Waals surface area contributed by atoms with E-state index < -0.39 is 0 Å².